The SMILES string of the molecule is COc1ccccc1CNCC=Cc1ccccc1. The fraction of sp³-hybridized carbons (Fsp3) is 0.176. The van der Waals surface area contributed by atoms with Crippen molar-refractivity contribution in [2.24, 2.45) is 0 Å². The molecule has 2 heteroatoms. The van der Waals surface area contributed by atoms with Crippen molar-refractivity contribution in [3.63, 3.8) is 0 Å². The van der Waals surface area contributed by atoms with Crippen LogP contribution >= 0.6 is 0 Å². The van der Waals surface area contributed by atoms with Gasteiger partial charge in [0.25, 0.3) is 0 Å². The Balaban J connectivity index is 1.79. The third-order valence-corrected chi connectivity index (χ3v) is 2.88. The summed E-state index contributed by atoms with van der Waals surface area (Å²) in [6, 6.07) is 18.4. The molecule has 0 saturated heterocycles. The summed E-state index contributed by atoms with van der Waals surface area (Å²) in [6.07, 6.45) is 4.25. The summed E-state index contributed by atoms with van der Waals surface area (Å²) in [6.45, 7) is 1.65. The Bertz CT molecular complexity index is 520. The van der Waals surface area contributed by atoms with E-state index < -0.39 is 0 Å². The maximum absolute atomic E-state index is 5.31. The van der Waals surface area contributed by atoms with Gasteiger partial charge in [-0.2, -0.15) is 0 Å². The minimum Gasteiger partial charge on any atom is -0.496 e. The Morgan fingerprint density at radius 1 is 1.00 bits per heavy atom. The molecule has 98 valence electrons. The van der Waals surface area contributed by atoms with Gasteiger partial charge in [0.1, 0.15) is 5.75 Å². The average Bonchev–Trinajstić information content (AvgIpc) is 2.48. The van der Waals surface area contributed by atoms with Crippen LogP contribution in [0.1, 0.15) is 11.1 Å². The van der Waals surface area contributed by atoms with Crippen LogP contribution in [0.3, 0.4) is 0 Å². The zero-order chi connectivity index (χ0) is 13.3. The first-order chi connectivity index (χ1) is 9.40. The molecule has 0 aliphatic heterocycles. The number of nitrogens with one attached hydrogen (secondary N) is 1. The van der Waals surface area contributed by atoms with Gasteiger partial charge in [0.15, 0.2) is 0 Å². The van der Waals surface area contributed by atoms with Crippen molar-refractivity contribution < 1.29 is 4.74 Å². The van der Waals surface area contributed by atoms with Crippen LogP contribution in [0.15, 0.2) is 60.7 Å². The van der Waals surface area contributed by atoms with E-state index in [1.54, 1.807) is 7.11 Å². The highest BCUT2D eigenvalue weighted by atomic mass is 16.5. The lowest BCUT2D eigenvalue weighted by Crippen LogP contribution is -2.13. The summed E-state index contributed by atoms with van der Waals surface area (Å²) >= 11 is 0. The largest absolute Gasteiger partial charge is 0.496 e. The topological polar surface area (TPSA) is 21.3 Å². The molecular weight excluding hydrogens is 234 g/mol. The van der Waals surface area contributed by atoms with Gasteiger partial charge in [0, 0.05) is 18.7 Å². The van der Waals surface area contributed by atoms with Gasteiger partial charge < -0.3 is 10.1 Å². The van der Waals surface area contributed by atoms with E-state index in [2.05, 4.69) is 35.7 Å². The van der Waals surface area contributed by atoms with E-state index in [0.717, 1.165) is 18.8 Å². The predicted octanol–water partition coefficient (Wildman–Crippen LogP) is 3.50. The molecule has 0 atom stereocenters. The normalized spacial score (nSPS) is 10.8. The molecule has 2 nitrogen and oxygen atoms in total. The predicted molar refractivity (Wildman–Crippen MR) is 80.2 cm³/mol. The fourth-order valence-corrected chi connectivity index (χ4v) is 1.90. The number of hydrogen-bond acceptors (Lipinski definition) is 2. The zero-order valence-corrected chi connectivity index (χ0v) is 11.2. The van der Waals surface area contributed by atoms with Gasteiger partial charge in [0.05, 0.1) is 7.11 Å². The van der Waals surface area contributed by atoms with Crippen LogP contribution < -0.4 is 10.1 Å². The van der Waals surface area contributed by atoms with Gasteiger partial charge in [-0.1, -0.05) is 60.7 Å². The van der Waals surface area contributed by atoms with Crippen molar-refractivity contribution in [1.29, 1.82) is 0 Å². The highest BCUT2D eigenvalue weighted by molar-refractivity contribution is 5.48. The molecule has 0 bridgehead atoms. The summed E-state index contributed by atoms with van der Waals surface area (Å²) in [5.74, 6) is 0.932. The minimum absolute atomic E-state index is 0.809. The highest BCUT2D eigenvalue weighted by Crippen LogP contribution is 2.16. The van der Waals surface area contributed by atoms with Crippen LogP contribution in [0, 0.1) is 0 Å². The Morgan fingerprint density at radius 2 is 1.74 bits per heavy atom. The fourth-order valence-electron chi connectivity index (χ4n) is 1.90. The van der Waals surface area contributed by atoms with Gasteiger partial charge in [-0.3, -0.25) is 0 Å². The Kier molecular flexibility index (Phi) is 5.20. The summed E-state index contributed by atoms with van der Waals surface area (Å²) in [4.78, 5) is 0. The van der Waals surface area contributed by atoms with Crippen LogP contribution in [0.25, 0.3) is 6.08 Å². The molecule has 2 rings (SSSR count). The second-order valence-corrected chi connectivity index (χ2v) is 4.26. The minimum atomic E-state index is 0.809. The highest BCUT2D eigenvalue weighted by Gasteiger charge is 1.99. The molecule has 0 spiro atoms. The molecule has 0 aliphatic rings. The summed E-state index contributed by atoms with van der Waals surface area (Å²) in [7, 11) is 1.70. The van der Waals surface area contributed by atoms with Crippen LogP contribution in [-0.2, 0) is 6.54 Å². The molecule has 0 saturated carbocycles. The summed E-state index contributed by atoms with van der Waals surface area (Å²) in [5, 5.41) is 3.38. The third-order valence-electron chi connectivity index (χ3n) is 2.88. The van der Waals surface area contributed by atoms with Crippen molar-refractivity contribution in [3.05, 3.63) is 71.8 Å². The van der Waals surface area contributed by atoms with E-state index >= 15 is 0 Å². The smallest absolute Gasteiger partial charge is 0.123 e. The van der Waals surface area contributed by atoms with Crippen molar-refractivity contribution >= 4 is 6.08 Å². The lowest BCUT2D eigenvalue weighted by Gasteiger charge is -2.07. The number of para-hydroxylation sites is 1. The van der Waals surface area contributed by atoms with Gasteiger partial charge >= 0.3 is 0 Å². The Morgan fingerprint density at radius 3 is 2.53 bits per heavy atom. The van der Waals surface area contributed by atoms with E-state index in [1.807, 2.05) is 36.4 Å². The average molecular weight is 253 g/mol. The molecule has 1 N–H and O–H groups in total. The second-order valence-electron chi connectivity index (χ2n) is 4.26. The molecule has 19 heavy (non-hydrogen) atoms. The number of benzene rings is 2. The molecule has 2 aromatic carbocycles. The number of methoxy groups -OCH3 is 1. The van der Waals surface area contributed by atoms with E-state index in [0.29, 0.717) is 0 Å². The van der Waals surface area contributed by atoms with Crippen molar-refractivity contribution in [2.45, 2.75) is 6.54 Å². The molecule has 0 unspecified atom stereocenters. The number of hydrogen-bond donors (Lipinski definition) is 1. The van der Waals surface area contributed by atoms with Crippen LogP contribution in [0.4, 0.5) is 0 Å². The molecule has 0 amide bonds. The van der Waals surface area contributed by atoms with Gasteiger partial charge in [-0.05, 0) is 11.6 Å². The molecule has 2 aromatic rings. The van der Waals surface area contributed by atoms with Crippen LogP contribution in [0.2, 0.25) is 0 Å². The second kappa shape index (κ2) is 7.39. The van der Waals surface area contributed by atoms with Gasteiger partial charge in [0.2, 0.25) is 0 Å². The molecule has 0 fully saturated rings. The lowest BCUT2D eigenvalue weighted by molar-refractivity contribution is 0.408. The van der Waals surface area contributed by atoms with E-state index in [4.69, 9.17) is 4.74 Å². The molecule has 0 aliphatic carbocycles. The first-order valence-corrected chi connectivity index (χ1v) is 6.44. The molecule has 0 heterocycles. The van der Waals surface area contributed by atoms with E-state index in [9.17, 15) is 0 Å². The van der Waals surface area contributed by atoms with E-state index in [1.165, 1.54) is 11.1 Å². The van der Waals surface area contributed by atoms with Crippen molar-refractivity contribution in [3.8, 4) is 5.75 Å². The van der Waals surface area contributed by atoms with Crippen molar-refractivity contribution in [1.82, 2.24) is 5.32 Å². The zero-order valence-electron chi connectivity index (χ0n) is 11.2. The maximum Gasteiger partial charge on any atom is 0.123 e. The first kappa shape index (κ1) is 13.4. The monoisotopic (exact) mass is 253 g/mol. The first-order valence-electron chi connectivity index (χ1n) is 6.44. The van der Waals surface area contributed by atoms with Gasteiger partial charge in [-0.15, -0.1) is 0 Å². The molecule has 0 radical (unpaired) electrons. The number of ether oxygens (including phenoxy) is 1. The van der Waals surface area contributed by atoms with E-state index in [-0.39, 0.29) is 0 Å². The standard InChI is InChI=1S/C17H19NO/c1-19-17-12-6-5-11-16(17)14-18-13-7-10-15-8-3-2-4-9-15/h2-12,18H,13-14H2,1H3. The quantitative estimate of drug-likeness (QED) is 0.796. The summed E-state index contributed by atoms with van der Waals surface area (Å²) in [5.41, 5.74) is 2.40. The lowest BCUT2D eigenvalue weighted by atomic mass is 10.2. The van der Waals surface area contributed by atoms with Crippen molar-refractivity contribution in [2.75, 3.05) is 13.7 Å². The molecular formula is C17H19NO. The summed E-state index contributed by atoms with van der Waals surface area (Å²) < 4.78 is 5.31. The Hall–Kier alpha value is -2.06. The Labute approximate surface area is 114 Å². The van der Waals surface area contributed by atoms with Crippen LogP contribution in [0.5, 0.6) is 5.75 Å². The van der Waals surface area contributed by atoms with Crippen LogP contribution in [-0.4, -0.2) is 13.7 Å². The maximum atomic E-state index is 5.31. The number of rotatable bonds is 6. The van der Waals surface area contributed by atoms with Gasteiger partial charge in [-0.25, -0.2) is 0 Å². The third kappa shape index (κ3) is 4.27. The molecule has 0 aromatic heterocycles.